The van der Waals surface area contributed by atoms with Crippen LogP contribution < -0.4 is 10.7 Å². The monoisotopic (exact) mass is 454 g/mol. The summed E-state index contributed by atoms with van der Waals surface area (Å²) in [5.74, 6) is -0.845. The molecule has 2 heterocycles. The fraction of sp³-hybridized carbons (Fsp3) is 0.520. The summed E-state index contributed by atoms with van der Waals surface area (Å²) in [5.41, 5.74) is -0.519. The second kappa shape index (κ2) is 9.77. The Labute approximate surface area is 192 Å². The van der Waals surface area contributed by atoms with E-state index in [2.05, 4.69) is 5.32 Å². The Morgan fingerprint density at radius 3 is 2.52 bits per heavy atom. The number of para-hydroxylation sites is 1. The highest BCUT2D eigenvalue weighted by molar-refractivity contribution is 5.95. The SMILES string of the molecule is COC(=O)C1(C2CCCCC2)CCN(C(=O)CNC(=O)c2cc(=O)c3ccccc3o2)CC1. The summed E-state index contributed by atoms with van der Waals surface area (Å²) < 4.78 is 10.7. The number of methoxy groups -OCH3 is 1. The molecule has 2 fully saturated rings. The van der Waals surface area contributed by atoms with Crippen molar-refractivity contribution in [2.75, 3.05) is 26.7 Å². The summed E-state index contributed by atoms with van der Waals surface area (Å²) in [6.45, 7) is 0.695. The van der Waals surface area contributed by atoms with Gasteiger partial charge in [-0.2, -0.15) is 0 Å². The van der Waals surface area contributed by atoms with E-state index < -0.39 is 11.3 Å². The van der Waals surface area contributed by atoms with Crippen molar-refractivity contribution < 1.29 is 23.5 Å². The first-order valence-electron chi connectivity index (χ1n) is 11.6. The molecule has 0 spiro atoms. The van der Waals surface area contributed by atoms with Gasteiger partial charge < -0.3 is 19.4 Å². The number of carbonyl (C=O) groups is 3. The molecule has 8 heteroatoms. The maximum Gasteiger partial charge on any atom is 0.312 e. The van der Waals surface area contributed by atoms with Crippen molar-refractivity contribution in [2.45, 2.75) is 44.9 Å². The molecule has 0 radical (unpaired) electrons. The van der Waals surface area contributed by atoms with Crippen molar-refractivity contribution >= 4 is 28.8 Å². The molecule has 1 saturated heterocycles. The third kappa shape index (κ3) is 4.65. The highest BCUT2D eigenvalue weighted by atomic mass is 16.5. The number of esters is 1. The molecule has 0 unspecified atom stereocenters. The van der Waals surface area contributed by atoms with Crippen LogP contribution in [0.4, 0.5) is 0 Å². The Kier molecular flexibility index (Phi) is 6.81. The first kappa shape index (κ1) is 23.0. The molecule has 2 aromatic rings. The second-order valence-electron chi connectivity index (χ2n) is 9.02. The van der Waals surface area contributed by atoms with Crippen molar-refractivity contribution in [3.05, 3.63) is 46.3 Å². The number of hydrogen-bond donors (Lipinski definition) is 1. The van der Waals surface area contributed by atoms with E-state index in [1.165, 1.54) is 13.5 Å². The summed E-state index contributed by atoms with van der Waals surface area (Å²) >= 11 is 0. The third-order valence-corrected chi connectivity index (χ3v) is 7.25. The largest absolute Gasteiger partial charge is 0.469 e. The number of fused-ring (bicyclic) bond motifs is 1. The average Bonchev–Trinajstić information content (AvgIpc) is 2.87. The summed E-state index contributed by atoms with van der Waals surface area (Å²) in [6.07, 6.45) is 6.65. The summed E-state index contributed by atoms with van der Waals surface area (Å²) in [6, 6.07) is 7.82. The van der Waals surface area contributed by atoms with Gasteiger partial charge in [-0.25, -0.2) is 0 Å². The molecule has 1 aromatic carbocycles. The molecular weight excluding hydrogens is 424 g/mol. The molecule has 1 aliphatic carbocycles. The number of amides is 2. The van der Waals surface area contributed by atoms with Crippen LogP contribution in [-0.2, 0) is 14.3 Å². The van der Waals surface area contributed by atoms with E-state index in [0.29, 0.717) is 42.8 Å². The van der Waals surface area contributed by atoms with E-state index in [0.717, 1.165) is 31.7 Å². The van der Waals surface area contributed by atoms with Gasteiger partial charge in [0.05, 0.1) is 24.5 Å². The topological polar surface area (TPSA) is 106 Å². The maximum absolute atomic E-state index is 12.7. The lowest BCUT2D eigenvalue weighted by Gasteiger charge is -2.45. The number of rotatable bonds is 5. The first-order chi connectivity index (χ1) is 15.9. The van der Waals surface area contributed by atoms with E-state index in [4.69, 9.17) is 9.15 Å². The number of benzene rings is 1. The predicted molar refractivity (Wildman–Crippen MR) is 122 cm³/mol. The van der Waals surface area contributed by atoms with Crippen molar-refractivity contribution in [3.8, 4) is 0 Å². The highest BCUT2D eigenvalue weighted by Crippen LogP contribution is 2.46. The first-order valence-corrected chi connectivity index (χ1v) is 11.6. The van der Waals surface area contributed by atoms with Gasteiger partial charge in [-0.15, -0.1) is 0 Å². The Bertz CT molecular complexity index is 1090. The molecule has 176 valence electrons. The number of nitrogens with one attached hydrogen (secondary N) is 1. The minimum Gasteiger partial charge on any atom is -0.469 e. The van der Waals surface area contributed by atoms with Gasteiger partial charge in [0.2, 0.25) is 5.91 Å². The Morgan fingerprint density at radius 2 is 1.82 bits per heavy atom. The van der Waals surface area contributed by atoms with Crippen LogP contribution in [0.1, 0.15) is 55.5 Å². The zero-order chi connectivity index (χ0) is 23.4. The fourth-order valence-electron chi connectivity index (χ4n) is 5.36. The van der Waals surface area contributed by atoms with Gasteiger partial charge >= 0.3 is 5.97 Å². The molecule has 4 rings (SSSR count). The van der Waals surface area contributed by atoms with Gasteiger partial charge in [0, 0.05) is 19.2 Å². The van der Waals surface area contributed by atoms with Crippen LogP contribution in [0.2, 0.25) is 0 Å². The van der Waals surface area contributed by atoms with E-state index >= 15 is 0 Å². The number of hydrogen-bond acceptors (Lipinski definition) is 6. The molecule has 2 amide bonds. The van der Waals surface area contributed by atoms with Gasteiger partial charge in [-0.05, 0) is 43.7 Å². The van der Waals surface area contributed by atoms with E-state index in [1.807, 2.05) is 0 Å². The standard InChI is InChI=1S/C25H30N2O6/c1-32-24(31)25(17-7-3-2-4-8-17)11-13-27(14-12-25)22(29)16-26-23(30)21-15-19(28)18-9-5-6-10-20(18)33-21/h5-6,9-10,15,17H,2-4,7-8,11-14,16H2,1H3,(H,26,30). The lowest BCUT2D eigenvalue weighted by molar-refractivity contribution is -0.163. The fourth-order valence-corrected chi connectivity index (χ4v) is 5.36. The number of piperidine rings is 1. The summed E-state index contributed by atoms with van der Waals surface area (Å²) in [5, 5.41) is 2.95. The molecule has 1 aliphatic heterocycles. The van der Waals surface area contributed by atoms with Gasteiger partial charge in [-0.1, -0.05) is 31.4 Å². The Balaban J connectivity index is 1.36. The van der Waals surface area contributed by atoms with Crippen molar-refractivity contribution in [1.29, 1.82) is 0 Å². The quantitative estimate of drug-likeness (QED) is 0.697. The smallest absolute Gasteiger partial charge is 0.312 e. The molecule has 33 heavy (non-hydrogen) atoms. The number of carbonyl (C=O) groups excluding carboxylic acids is 3. The number of nitrogens with zero attached hydrogens (tertiary/aromatic N) is 1. The maximum atomic E-state index is 12.7. The summed E-state index contributed by atoms with van der Waals surface area (Å²) in [4.78, 5) is 51.9. The number of likely N-dealkylation sites (tertiary alicyclic amines) is 1. The van der Waals surface area contributed by atoms with Crippen LogP contribution in [0.25, 0.3) is 11.0 Å². The molecule has 2 aliphatic rings. The van der Waals surface area contributed by atoms with Gasteiger partial charge in [0.25, 0.3) is 5.91 Å². The lowest BCUT2D eigenvalue weighted by Crippen LogP contribution is -2.52. The van der Waals surface area contributed by atoms with Crippen molar-refractivity contribution in [1.82, 2.24) is 10.2 Å². The molecule has 1 aromatic heterocycles. The average molecular weight is 455 g/mol. The Morgan fingerprint density at radius 1 is 1.12 bits per heavy atom. The second-order valence-corrected chi connectivity index (χ2v) is 9.02. The van der Waals surface area contributed by atoms with Crippen molar-refractivity contribution in [3.63, 3.8) is 0 Å². The molecule has 0 atom stereocenters. The lowest BCUT2D eigenvalue weighted by atomic mass is 9.63. The van der Waals surface area contributed by atoms with Crippen LogP contribution >= 0.6 is 0 Å². The van der Waals surface area contributed by atoms with Crippen LogP contribution in [0, 0.1) is 11.3 Å². The molecule has 8 nitrogen and oxygen atoms in total. The molecule has 1 saturated carbocycles. The van der Waals surface area contributed by atoms with Gasteiger partial charge in [0.15, 0.2) is 11.2 Å². The Hall–Kier alpha value is -3.16. The predicted octanol–water partition coefficient (Wildman–Crippen LogP) is 2.88. The minimum absolute atomic E-state index is 0.132. The summed E-state index contributed by atoms with van der Waals surface area (Å²) in [7, 11) is 1.44. The zero-order valence-electron chi connectivity index (χ0n) is 18.9. The number of ether oxygens (including phenoxy) is 1. The zero-order valence-corrected chi connectivity index (χ0v) is 18.9. The van der Waals surface area contributed by atoms with Crippen molar-refractivity contribution in [2.24, 2.45) is 11.3 Å². The van der Waals surface area contributed by atoms with Gasteiger partial charge in [-0.3, -0.25) is 19.2 Å². The molecular formula is C25H30N2O6. The van der Waals surface area contributed by atoms with Crippen LogP contribution in [-0.4, -0.2) is 49.4 Å². The highest BCUT2D eigenvalue weighted by Gasteiger charge is 2.48. The van der Waals surface area contributed by atoms with Gasteiger partial charge in [0.1, 0.15) is 5.58 Å². The molecule has 1 N–H and O–H groups in total. The van der Waals surface area contributed by atoms with Crippen LogP contribution in [0.5, 0.6) is 0 Å². The van der Waals surface area contributed by atoms with Crippen LogP contribution in [0.15, 0.2) is 39.5 Å². The molecule has 0 bridgehead atoms. The van der Waals surface area contributed by atoms with E-state index in [1.54, 1.807) is 29.2 Å². The third-order valence-electron chi connectivity index (χ3n) is 7.25. The van der Waals surface area contributed by atoms with E-state index in [-0.39, 0.29) is 29.6 Å². The van der Waals surface area contributed by atoms with Crippen LogP contribution in [0.3, 0.4) is 0 Å². The normalized spacial score (nSPS) is 18.6. The minimum atomic E-state index is -0.616. The van der Waals surface area contributed by atoms with E-state index in [9.17, 15) is 19.2 Å².